The second-order valence-corrected chi connectivity index (χ2v) is 4.74. The van der Waals surface area contributed by atoms with Crippen LogP contribution in [0.4, 0.5) is 4.79 Å². The molecule has 0 aliphatic carbocycles. The molecule has 5 nitrogen and oxygen atoms in total. The maximum absolute atomic E-state index is 12.3. The van der Waals surface area contributed by atoms with Crippen LogP contribution in [0.1, 0.15) is 52.4 Å². The largest absolute Gasteiger partial charge is 0.341 e. The van der Waals surface area contributed by atoms with Crippen LogP contribution in [0.15, 0.2) is 12.7 Å². The average molecular weight is 282 g/mol. The molecule has 3 amide bonds. The van der Waals surface area contributed by atoms with Gasteiger partial charge in [-0.15, -0.1) is 6.58 Å². The van der Waals surface area contributed by atoms with E-state index in [9.17, 15) is 9.59 Å². The molecule has 0 aromatic carbocycles. The average Bonchev–Trinajstić information content (AvgIpc) is 2.46. The summed E-state index contributed by atoms with van der Waals surface area (Å²) in [5.41, 5.74) is 2.98. The highest BCUT2D eigenvalue weighted by atomic mass is 16.2. The zero-order valence-electron chi connectivity index (χ0n) is 12.9. The van der Waals surface area contributed by atoms with Crippen LogP contribution in [-0.4, -0.2) is 42.0 Å². The number of hydrogen-bond acceptors (Lipinski definition) is 3. The van der Waals surface area contributed by atoms with E-state index >= 15 is 0 Å². The second kappa shape index (κ2) is 12.7. The molecule has 5 heteroatoms. The van der Waals surface area contributed by atoms with Gasteiger partial charge in [-0.1, -0.05) is 45.6 Å². The molecule has 1 radical (unpaired) electrons. The molecule has 0 rings (SSSR count). The van der Waals surface area contributed by atoms with E-state index in [1.54, 1.807) is 12.5 Å². The van der Waals surface area contributed by atoms with Crippen LogP contribution in [-0.2, 0) is 4.79 Å². The molecule has 0 fully saturated rings. The first-order valence-corrected chi connectivity index (χ1v) is 7.52. The van der Waals surface area contributed by atoms with E-state index in [2.05, 4.69) is 25.9 Å². The van der Waals surface area contributed by atoms with Crippen molar-refractivity contribution in [1.82, 2.24) is 15.3 Å². The highest BCUT2D eigenvalue weighted by molar-refractivity contribution is 5.84. The molecule has 0 aromatic rings. The van der Waals surface area contributed by atoms with Crippen LogP contribution in [0.5, 0.6) is 0 Å². The van der Waals surface area contributed by atoms with E-state index in [1.807, 2.05) is 0 Å². The third-order valence-electron chi connectivity index (χ3n) is 2.97. The fourth-order valence-electron chi connectivity index (χ4n) is 1.78. The minimum atomic E-state index is -0.325. The highest BCUT2D eigenvalue weighted by Crippen LogP contribution is 2.03. The molecule has 1 N–H and O–H groups in total. The minimum absolute atomic E-state index is 0.325. The van der Waals surface area contributed by atoms with Crippen LogP contribution in [0.3, 0.4) is 0 Å². The summed E-state index contributed by atoms with van der Waals surface area (Å²) in [6.07, 6.45) is 9.35. The molecule has 0 heterocycles. The lowest BCUT2D eigenvalue weighted by Gasteiger charge is -2.27. The van der Waals surface area contributed by atoms with Crippen LogP contribution in [0.2, 0.25) is 0 Å². The fraction of sp³-hybridized carbons (Fsp3) is 0.733. The Hall–Kier alpha value is -1.36. The van der Waals surface area contributed by atoms with Gasteiger partial charge >= 0.3 is 12.4 Å². The number of nitrogens with one attached hydrogen (secondary N) is 1. The maximum Gasteiger partial charge on any atom is 0.341 e. The summed E-state index contributed by atoms with van der Waals surface area (Å²) in [6.45, 7) is 9.33. The van der Waals surface area contributed by atoms with Crippen molar-refractivity contribution in [2.24, 2.45) is 0 Å². The van der Waals surface area contributed by atoms with Crippen molar-refractivity contribution in [3.05, 3.63) is 12.7 Å². The van der Waals surface area contributed by atoms with Gasteiger partial charge in [0.2, 0.25) is 0 Å². The van der Waals surface area contributed by atoms with Gasteiger partial charge in [-0.25, -0.2) is 10.2 Å². The molecule has 0 unspecified atom stereocenters. The summed E-state index contributed by atoms with van der Waals surface area (Å²) in [5.74, 6) is 0. The van der Waals surface area contributed by atoms with Crippen molar-refractivity contribution in [2.75, 3.05) is 19.6 Å². The first-order valence-electron chi connectivity index (χ1n) is 7.52. The fourth-order valence-corrected chi connectivity index (χ4v) is 1.78. The Morgan fingerprint density at radius 1 is 1.15 bits per heavy atom. The van der Waals surface area contributed by atoms with Gasteiger partial charge in [0.15, 0.2) is 0 Å². The zero-order valence-corrected chi connectivity index (χ0v) is 12.9. The number of hydrogen-bond donors (Lipinski definition) is 1. The molecule has 0 spiro atoms. The van der Waals surface area contributed by atoms with Gasteiger partial charge < -0.3 is 0 Å². The number of hydrazine groups is 1. The smallest absolute Gasteiger partial charge is 0.263 e. The summed E-state index contributed by atoms with van der Waals surface area (Å²) in [5, 5.41) is 1.49. The van der Waals surface area contributed by atoms with E-state index in [4.69, 9.17) is 0 Å². The lowest BCUT2D eigenvalue weighted by Crippen LogP contribution is -2.50. The van der Waals surface area contributed by atoms with Crippen molar-refractivity contribution in [3.8, 4) is 0 Å². The van der Waals surface area contributed by atoms with Gasteiger partial charge in [0.05, 0.1) is 0 Å². The topological polar surface area (TPSA) is 52.7 Å². The second-order valence-electron chi connectivity index (χ2n) is 4.74. The minimum Gasteiger partial charge on any atom is -0.263 e. The lowest BCUT2D eigenvalue weighted by molar-refractivity contribution is 0.148. The van der Waals surface area contributed by atoms with Gasteiger partial charge in [0.25, 0.3) is 0 Å². The quantitative estimate of drug-likeness (QED) is 0.259. The van der Waals surface area contributed by atoms with E-state index < -0.39 is 0 Å². The third-order valence-corrected chi connectivity index (χ3v) is 2.97. The molecule has 0 bridgehead atoms. The van der Waals surface area contributed by atoms with Gasteiger partial charge in [-0.3, -0.25) is 14.7 Å². The van der Waals surface area contributed by atoms with Crippen LogP contribution < -0.4 is 5.43 Å². The Labute approximate surface area is 123 Å². The SMILES string of the molecule is C=CCNN(CCCCC)C(=O)N([C]=O)CCCCC. The van der Waals surface area contributed by atoms with Crippen LogP contribution in [0.25, 0.3) is 0 Å². The molecule has 0 aliphatic heterocycles. The zero-order chi connectivity index (χ0) is 15.2. The monoisotopic (exact) mass is 282 g/mol. The standard InChI is InChI=1S/C15H28N3O2/c1-4-7-9-12-17(14-19)15(20)18(16-11-6-3)13-10-8-5-2/h6,16H,3-5,7-13H2,1-2H3. The van der Waals surface area contributed by atoms with Crippen LogP contribution in [0, 0.1) is 0 Å². The number of nitrogens with zero attached hydrogens (tertiary/aromatic N) is 2. The van der Waals surface area contributed by atoms with Crippen molar-refractivity contribution in [1.29, 1.82) is 0 Å². The molecule has 0 aliphatic rings. The number of unbranched alkanes of at least 4 members (excludes halogenated alkanes) is 4. The highest BCUT2D eigenvalue weighted by Gasteiger charge is 2.20. The number of rotatable bonds is 12. The Bertz CT molecular complexity index is 282. The third kappa shape index (κ3) is 7.94. The first-order chi connectivity index (χ1) is 9.71. The number of imide groups is 1. The molecule has 0 saturated carbocycles. The Morgan fingerprint density at radius 3 is 2.25 bits per heavy atom. The number of amides is 3. The molecule has 0 atom stereocenters. The summed E-state index contributed by atoms with van der Waals surface area (Å²) in [4.78, 5) is 24.3. The van der Waals surface area contributed by atoms with E-state index in [0.717, 1.165) is 43.4 Å². The van der Waals surface area contributed by atoms with Crippen molar-refractivity contribution in [2.45, 2.75) is 52.4 Å². The lowest BCUT2D eigenvalue weighted by atomic mass is 10.2. The van der Waals surface area contributed by atoms with Crippen LogP contribution >= 0.6 is 0 Å². The van der Waals surface area contributed by atoms with Crippen molar-refractivity contribution in [3.63, 3.8) is 0 Å². The predicted octanol–water partition coefficient (Wildman–Crippen LogP) is 2.85. The summed E-state index contributed by atoms with van der Waals surface area (Å²) >= 11 is 0. The molecule has 20 heavy (non-hydrogen) atoms. The number of carbonyl (C=O) groups excluding carboxylic acids is 2. The maximum atomic E-state index is 12.3. The number of carbonyl (C=O) groups is 1. The summed E-state index contributed by atoms with van der Waals surface area (Å²) in [6, 6.07) is -0.325. The molecule has 0 saturated heterocycles. The molecule has 115 valence electrons. The summed E-state index contributed by atoms with van der Waals surface area (Å²) in [7, 11) is 0. The first kappa shape index (κ1) is 18.6. The Morgan fingerprint density at radius 2 is 1.75 bits per heavy atom. The van der Waals surface area contributed by atoms with E-state index in [1.165, 1.54) is 5.01 Å². The predicted molar refractivity (Wildman–Crippen MR) is 81.8 cm³/mol. The van der Waals surface area contributed by atoms with Crippen molar-refractivity contribution >= 4 is 12.4 Å². The molecular formula is C15H28N3O2. The van der Waals surface area contributed by atoms with E-state index in [0.29, 0.717) is 19.6 Å². The Kier molecular flexibility index (Phi) is 11.8. The van der Waals surface area contributed by atoms with Gasteiger partial charge in [0, 0.05) is 19.6 Å². The Balaban J connectivity index is 4.44. The van der Waals surface area contributed by atoms with Crippen molar-refractivity contribution < 1.29 is 9.59 Å². The molecule has 0 aromatic heterocycles. The van der Waals surface area contributed by atoms with E-state index in [-0.39, 0.29) is 6.03 Å². The van der Waals surface area contributed by atoms with Gasteiger partial charge in [-0.05, 0) is 12.8 Å². The normalized spacial score (nSPS) is 10.1. The molecular weight excluding hydrogens is 254 g/mol. The number of urea groups is 1. The van der Waals surface area contributed by atoms with Gasteiger partial charge in [0.1, 0.15) is 0 Å². The van der Waals surface area contributed by atoms with Gasteiger partial charge in [-0.2, -0.15) is 0 Å². The summed E-state index contributed by atoms with van der Waals surface area (Å²) < 4.78 is 0.